The normalized spacial score (nSPS) is 35.6. The number of allylic oxidation sites excluding steroid dienone is 2. The van der Waals surface area contributed by atoms with Gasteiger partial charge in [0.2, 0.25) is 0 Å². The van der Waals surface area contributed by atoms with Gasteiger partial charge in [-0.15, -0.1) is 0 Å². The van der Waals surface area contributed by atoms with Crippen LogP contribution in [-0.4, -0.2) is 37.3 Å². The molecule has 1 saturated heterocycles. The number of hydrogen-bond donors (Lipinski definition) is 0. The minimum absolute atomic E-state index is 0.152. The Balaban J connectivity index is 1.43. The average Bonchev–Trinajstić information content (AvgIpc) is 3.45. The Morgan fingerprint density at radius 2 is 1.70 bits per heavy atom. The van der Waals surface area contributed by atoms with Gasteiger partial charge in [-0.3, -0.25) is 9.59 Å². The van der Waals surface area contributed by atoms with E-state index in [0.717, 1.165) is 20.6 Å². The lowest BCUT2D eigenvalue weighted by Crippen LogP contribution is -2.40. The minimum Gasteiger partial charge on any atom is -0.493 e. The molecule has 1 aliphatic heterocycles. The van der Waals surface area contributed by atoms with Crippen LogP contribution in [0.4, 0.5) is 0 Å². The number of hydrazone groups is 1. The average molecular weight is 478 g/mol. The number of rotatable bonds is 4. The fourth-order valence-corrected chi connectivity index (χ4v) is 6.04. The summed E-state index contributed by atoms with van der Waals surface area (Å²) >= 11 is 2.16. The summed E-state index contributed by atoms with van der Waals surface area (Å²) < 4.78 is 11.6. The van der Waals surface area contributed by atoms with E-state index < -0.39 is 0 Å². The highest BCUT2D eigenvalue weighted by Gasteiger charge is 2.67. The predicted molar refractivity (Wildman–Crippen MR) is 106 cm³/mol. The van der Waals surface area contributed by atoms with E-state index in [1.54, 1.807) is 26.5 Å². The molecule has 0 aromatic heterocycles. The number of carbonyl (C=O) groups excluding carboxylic acids is 2. The zero-order valence-electron chi connectivity index (χ0n) is 15.0. The number of hydrogen-bond acceptors (Lipinski definition) is 5. The molecule has 7 heteroatoms. The first-order chi connectivity index (χ1) is 13.0. The van der Waals surface area contributed by atoms with Crippen LogP contribution in [-0.2, 0) is 9.59 Å². The molecular weight excluding hydrogens is 459 g/mol. The summed E-state index contributed by atoms with van der Waals surface area (Å²) in [7, 11) is 3.16. The molecule has 2 saturated carbocycles. The summed E-state index contributed by atoms with van der Waals surface area (Å²) in [5, 5.41) is 5.36. The number of nitrogens with zero attached hydrogens (tertiary/aromatic N) is 2. The van der Waals surface area contributed by atoms with Crippen molar-refractivity contribution in [3.05, 3.63) is 33.4 Å². The maximum Gasteiger partial charge on any atom is 0.254 e. The molecule has 27 heavy (non-hydrogen) atoms. The minimum atomic E-state index is -0.223. The van der Waals surface area contributed by atoms with E-state index in [4.69, 9.17) is 9.47 Å². The lowest BCUT2D eigenvalue weighted by atomic mass is 9.63. The Morgan fingerprint density at radius 3 is 2.26 bits per heavy atom. The van der Waals surface area contributed by atoms with Gasteiger partial charge < -0.3 is 9.47 Å². The van der Waals surface area contributed by atoms with E-state index in [-0.39, 0.29) is 35.5 Å². The third-order valence-corrected chi connectivity index (χ3v) is 7.22. The molecule has 0 spiro atoms. The molecule has 0 N–H and O–H groups in total. The molecule has 0 unspecified atom stereocenters. The molecule has 0 radical (unpaired) electrons. The summed E-state index contributed by atoms with van der Waals surface area (Å²) in [4.78, 5) is 25.9. The second-order valence-electron chi connectivity index (χ2n) is 7.63. The van der Waals surface area contributed by atoms with E-state index in [9.17, 15) is 9.59 Å². The summed E-state index contributed by atoms with van der Waals surface area (Å²) in [6.45, 7) is 0. The molecule has 5 aliphatic rings. The van der Waals surface area contributed by atoms with Crippen molar-refractivity contribution >= 4 is 40.6 Å². The third-order valence-electron chi connectivity index (χ3n) is 6.42. The Hall–Kier alpha value is -1.90. The smallest absolute Gasteiger partial charge is 0.254 e. The lowest BCUT2D eigenvalue weighted by molar-refractivity contribution is -0.140. The number of halogens is 1. The fourth-order valence-electron chi connectivity index (χ4n) is 5.19. The van der Waals surface area contributed by atoms with Crippen molar-refractivity contribution in [2.75, 3.05) is 14.2 Å². The molecule has 6 rings (SSSR count). The number of carbonyl (C=O) groups is 2. The monoisotopic (exact) mass is 478 g/mol. The maximum atomic E-state index is 12.9. The quantitative estimate of drug-likeness (QED) is 0.289. The molecule has 1 aromatic carbocycles. The van der Waals surface area contributed by atoms with E-state index in [1.165, 1.54) is 0 Å². The van der Waals surface area contributed by atoms with Gasteiger partial charge >= 0.3 is 0 Å². The van der Waals surface area contributed by atoms with Crippen LogP contribution in [0, 0.1) is 39.1 Å². The van der Waals surface area contributed by atoms with E-state index in [2.05, 4.69) is 39.8 Å². The van der Waals surface area contributed by atoms with E-state index >= 15 is 0 Å². The fraction of sp³-hybridized carbons (Fsp3) is 0.450. The number of benzene rings is 1. The Kier molecular flexibility index (Phi) is 3.86. The summed E-state index contributed by atoms with van der Waals surface area (Å²) in [6.07, 6.45) is 7.03. The van der Waals surface area contributed by atoms with Crippen LogP contribution < -0.4 is 9.47 Å². The van der Waals surface area contributed by atoms with Crippen LogP contribution in [0.15, 0.2) is 29.4 Å². The molecule has 6 nitrogen and oxygen atoms in total. The SMILES string of the molecule is COc1cc(/C=N\N2C(=O)[C@@H]3[C@H]4C=C[C@H]([C@@H]5C[C@H]45)[C@@H]3C2=O)cc(I)c1OC. The Labute approximate surface area is 170 Å². The van der Waals surface area contributed by atoms with Gasteiger partial charge in [0.05, 0.1) is 35.8 Å². The molecule has 2 amide bonds. The molecule has 3 fully saturated rings. The number of amides is 2. The van der Waals surface area contributed by atoms with Crippen molar-refractivity contribution in [3.63, 3.8) is 0 Å². The highest BCUT2D eigenvalue weighted by atomic mass is 127. The van der Waals surface area contributed by atoms with Crippen molar-refractivity contribution in [2.45, 2.75) is 6.42 Å². The largest absolute Gasteiger partial charge is 0.493 e. The topological polar surface area (TPSA) is 68.2 Å². The molecule has 1 heterocycles. The van der Waals surface area contributed by atoms with Crippen LogP contribution in [0.2, 0.25) is 0 Å². The predicted octanol–water partition coefficient (Wildman–Crippen LogP) is 2.70. The van der Waals surface area contributed by atoms with Crippen LogP contribution in [0.25, 0.3) is 0 Å². The lowest BCUT2D eigenvalue weighted by Gasteiger charge is -2.37. The highest BCUT2D eigenvalue weighted by molar-refractivity contribution is 14.1. The van der Waals surface area contributed by atoms with Crippen LogP contribution in [0.1, 0.15) is 12.0 Å². The van der Waals surface area contributed by atoms with Gasteiger partial charge in [-0.2, -0.15) is 10.1 Å². The number of ether oxygens (including phenoxy) is 2. The second-order valence-corrected chi connectivity index (χ2v) is 8.79. The van der Waals surface area contributed by atoms with E-state index in [1.807, 2.05) is 6.07 Å². The first kappa shape index (κ1) is 17.2. The van der Waals surface area contributed by atoms with Gasteiger partial charge in [0.25, 0.3) is 11.8 Å². The molecule has 4 aliphatic carbocycles. The van der Waals surface area contributed by atoms with Crippen LogP contribution in [0.5, 0.6) is 11.5 Å². The molecular formula is C20H19IN2O4. The van der Waals surface area contributed by atoms with E-state index in [0.29, 0.717) is 23.3 Å². The second kappa shape index (κ2) is 6.05. The molecule has 140 valence electrons. The molecule has 2 bridgehead atoms. The first-order valence-electron chi connectivity index (χ1n) is 9.06. The van der Waals surface area contributed by atoms with Crippen molar-refractivity contribution in [1.82, 2.24) is 5.01 Å². The Morgan fingerprint density at radius 1 is 1.07 bits per heavy atom. The Bertz CT molecular complexity index is 875. The zero-order valence-corrected chi connectivity index (χ0v) is 17.1. The van der Waals surface area contributed by atoms with Gasteiger partial charge in [0.1, 0.15) is 0 Å². The molecule has 1 aromatic rings. The van der Waals surface area contributed by atoms with Crippen LogP contribution >= 0.6 is 22.6 Å². The van der Waals surface area contributed by atoms with Crippen molar-refractivity contribution in [3.8, 4) is 11.5 Å². The van der Waals surface area contributed by atoms with Gasteiger partial charge in [0, 0.05) is 0 Å². The summed E-state index contributed by atoms with van der Waals surface area (Å²) in [6, 6.07) is 3.66. The van der Waals surface area contributed by atoms with Crippen molar-refractivity contribution in [2.24, 2.45) is 40.6 Å². The third kappa shape index (κ3) is 2.40. The van der Waals surface area contributed by atoms with Crippen LogP contribution in [0.3, 0.4) is 0 Å². The van der Waals surface area contributed by atoms with Gasteiger partial charge in [-0.05, 0) is 70.4 Å². The molecule has 6 atom stereocenters. The number of imide groups is 1. The maximum absolute atomic E-state index is 12.9. The first-order valence-corrected chi connectivity index (χ1v) is 10.1. The highest BCUT2D eigenvalue weighted by Crippen LogP contribution is 2.65. The summed E-state index contributed by atoms with van der Waals surface area (Å²) in [5.41, 5.74) is 0.747. The standard InChI is InChI=1S/C20H19IN2O4/c1-26-15-6-9(5-14(21)18(15)27-2)8-22-23-19(24)16-10-3-4-11(13-7-12(10)13)17(16)20(23)25/h3-6,8,10-13,16-17H,7H2,1-2H3/b22-8-/t10-,11+,12+,13-,16+,17-. The van der Waals surface area contributed by atoms with Gasteiger partial charge in [-0.25, -0.2) is 0 Å². The van der Waals surface area contributed by atoms with Gasteiger partial charge in [0.15, 0.2) is 11.5 Å². The van der Waals surface area contributed by atoms with Crippen molar-refractivity contribution in [1.29, 1.82) is 0 Å². The van der Waals surface area contributed by atoms with Gasteiger partial charge in [-0.1, -0.05) is 12.2 Å². The van der Waals surface area contributed by atoms with Crippen molar-refractivity contribution < 1.29 is 19.1 Å². The number of methoxy groups -OCH3 is 2. The zero-order chi connectivity index (χ0) is 18.9. The summed E-state index contributed by atoms with van der Waals surface area (Å²) in [5.74, 6) is 2.09.